The molecule has 1 aliphatic carbocycles. The lowest BCUT2D eigenvalue weighted by molar-refractivity contribution is 0.0697. The molecule has 2 aliphatic rings. The van der Waals surface area contributed by atoms with Crippen molar-refractivity contribution in [2.45, 2.75) is 27.7 Å². The molecule has 5 heteroatoms. The van der Waals surface area contributed by atoms with Crippen molar-refractivity contribution in [3.63, 3.8) is 0 Å². The van der Waals surface area contributed by atoms with E-state index in [0.717, 1.165) is 45.2 Å². The molecule has 4 rings (SSSR count). The molecule has 0 unspecified atom stereocenters. The van der Waals surface area contributed by atoms with Gasteiger partial charge < -0.3 is 14.8 Å². The van der Waals surface area contributed by atoms with Crippen molar-refractivity contribution in [2.24, 2.45) is 4.99 Å². The number of carboxylic acid groups (broad SMARTS) is 1. The van der Waals surface area contributed by atoms with Gasteiger partial charge >= 0.3 is 5.97 Å². The molecule has 0 aromatic heterocycles. The summed E-state index contributed by atoms with van der Waals surface area (Å²) in [5, 5.41) is 15.0. The molecular weight excluding hydrogens is 388 g/mol. The predicted molar refractivity (Wildman–Crippen MR) is 125 cm³/mol. The lowest BCUT2D eigenvalue weighted by Gasteiger charge is -2.19. The van der Waals surface area contributed by atoms with Crippen LogP contribution < -0.4 is 10.7 Å². The average molecular weight is 415 g/mol. The summed E-state index contributed by atoms with van der Waals surface area (Å²) in [4.78, 5) is 16.6. The number of carbonyl (C=O) groups is 1. The Balaban J connectivity index is 2.20. The van der Waals surface area contributed by atoms with Gasteiger partial charge in [0, 0.05) is 47.4 Å². The highest BCUT2D eigenvalue weighted by Crippen LogP contribution is 2.42. The molecule has 5 nitrogen and oxygen atoms in total. The summed E-state index contributed by atoms with van der Waals surface area (Å²) < 4.78 is 6.35. The van der Waals surface area contributed by atoms with Crippen molar-refractivity contribution < 1.29 is 14.3 Å². The summed E-state index contributed by atoms with van der Waals surface area (Å²) in [5.41, 5.74) is 6.50. The van der Waals surface area contributed by atoms with Crippen LogP contribution >= 0.6 is 0 Å². The lowest BCUT2D eigenvalue weighted by Crippen LogP contribution is -2.09. The van der Waals surface area contributed by atoms with Gasteiger partial charge in [-0.25, -0.2) is 4.79 Å². The van der Waals surface area contributed by atoms with Gasteiger partial charge in [0.15, 0.2) is 0 Å². The molecule has 0 atom stereocenters. The quantitative estimate of drug-likeness (QED) is 0.400. The molecule has 158 valence electrons. The van der Waals surface area contributed by atoms with Gasteiger partial charge in [-0.3, -0.25) is 4.99 Å². The van der Waals surface area contributed by atoms with E-state index < -0.39 is 5.97 Å². The van der Waals surface area contributed by atoms with Crippen molar-refractivity contribution in [1.29, 1.82) is 0 Å². The minimum absolute atomic E-state index is 0.268. The van der Waals surface area contributed by atoms with Crippen LogP contribution in [0.5, 0.6) is 0 Å². The molecule has 0 saturated heterocycles. The number of hydrogen-bond acceptors (Lipinski definition) is 4. The monoisotopic (exact) mass is 414 g/mol. The van der Waals surface area contributed by atoms with Crippen LogP contribution in [0.15, 0.2) is 57.9 Å². The summed E-state index contributed by atoms with van der Waals surface area (Å²) in [5.74, 6) is -0.264. The molecule has 2 aromatic carbocycles. The normalized spacial score (nSPS) is 11.9. The fraction of sp³-hybridized carbons (Fsp3) is 0.231. The fourth-order valence-electron chi connectivity index (χ4n) is 4.09. The van der Waals surface area contributed by atoms with E-state index in [1.807, 2.05) is 51.1 Å². The molecule has 0 bridgehead atoms. The molecule has 0 fully saturated rings. The van der Waals surface area contributed by atoms with Gasteiger partial charge in [0.1, 0.15) is 11.3 Å². The fourth-order valence-corrected chi connectivity index (χ4v) is 4.09. The molecular formula is C26H26N2O3. The Labute approximate surface area is 181 Å². The Hall–Kier alpha value is -3.60. The number of anilines is 1. The summed E-state index contributed by atoms with van der Waals surface area (Å²) in [7, 11) is 0. The standard InChI is InChI=1S/C26H26N2O3/c1-5-27-21-13-23-19(11-15(21)3)25(17-9-7-8-10-18(17)26(29)30)20-12-16(4)22(28-6-2)14-24(20)31-23/h7-14,27H,5-6H2,1-4H3,(H,29,30). The second kappa shape index (κ2) is 8.26. The minimum Gasteiger partial charge on any atom is -0.478 e. The van der Waals surface area contributed by atoms with E-state index >= 15 is 0 Å². The molecule has 0 amide bonds. The second-order valence-corrected chi connectivity index (χ2v) is 7.63. The van der Waals surface area contributed by atoms with Crippen LogP contribution in [-0.2, 0) is 0 Å². The minimum atomic E-state index is -0.951. The molecule has 2 aromatic rings. The third kappa shape index (κ3) is 3.67. The van der Waals surface area contributed by atoms with E-state index in [0.29, 0.717) is 23.5 Å². The summed E-state index contributed by atoms with van der Waals surface area (Å²) in [6, 6.07) is 15.2. The van der Waals surface area contributed by atoms with E-state index in [1.165, 1.54) is 0 Å². The van der Waals surface area contributed by atoms with Crippen molar-refractivity contribution in [2.75, 3.05) is 18.4 Å². The van der Waals surface area contributed by atoms with Gasteiger partial charge in [0.25, 0.3) is 0 Å². The SMILES string of the molecule is CCN=c1cc2oc3cc(NCC)c(C)cc3c(-c3ccccc3C(=O)O)c-2cc1C. The van der Waals surface area contributed by atoms with Crippen LogP contribution in [0.4, 0.5) is 5.69 Å². The van der Waals surface area contributed by atoms with E-state index in [1.54, 1.807) is 12.1 Å². The van der Waals surface area contributed by atoms with Crippen molar-refractivity contribution in [3.05, 3.63) is 70.6 Å². The van der Waals surface area contributed by atoms with Gasteiger partial charge in [-0.2, -0.15) is 0 Å². The number of nitrogens with zero attached hydrogens (tertiary/aromatic N) is 1. The third-order valence-corrected chi connectivity index (χ3v) is 5.51. The molecule has 0 saturated carbocycles. The van der Waals surface area contributed by atoms with Gasteiger partial charge in [-0.1, -0.05) is 18.2 Å². The van der Waals surface area contributed by atoms with Crippen LogP contribution in [0.1, 0.15) is 35.3 Å². The van der Waals surface area contributed by atoms with Crippen LogP contribution in [0.2, 0.25) is 0 Å². The zero-order valence-electron chi connectivity index (χ0n) is 18.2. The van der Waals surface area contributed by atoms with Gasteiger partial charge in [-0.15, -0.1) is 0 Å². The largest absolute Gasteiger partial charge is 0.478 e. The van der Waals surface area contributed by atoms with Crippen LogP contribution in [0.25, 0.3) is 33.4 Å². The Morgan fingerprint density at radius 3 is 2.52 bits per heavy atom. The maximum Gasteiger partial charge on any atom is 0.336 e. The van der Waals surface area contributed by atoms with Gasteiger partial charge in [0.2, 0.25) is 0 Å². The Morgan fingerprint density at radius 2 is 1.81 bits per heavy atom. The van der Waals surface area contributed by atoms with Crippen molar-refractivity contribution in [3.8, 4) is 22.5 Å². The maximum atomic E-state index is 12.0. The van der Waals surface area contributed by atoms with Crippen molar-refractivity contribution in [1.82, 2.24) is 0 Å². The number of benzene rings is 3. The second-order valence-electron chi connectivity index (χ2n) is 7.63. The zero-order valence-corrected chi connectivity index (χ0v) is 18.2. The molecule has 2 N–H and O–H groups in total. The topological polar surface area (TPSA) is 74.8 Å². The number of aryl methyl sites for hydroxylation is 2. The van der Waals surface area contributed by atoms with Gasteiger partial charge in [0.05, 0.1) is 10.9 Å². The third-order valence-electron chi connectivity index (χ3n) is 5.51. The Bertz CT molecular complexity index is 1330. The lowest BCUT2D eigenvalue weighted by atomic mass is 9.89. The number of aromatic carboxylic acids is 1. The summed E-state index contributed by atoms with van der Waals surface area (Å²) >= 11 is 0. The van der Waals surface area contributed by atoms with E-state index in [9.17, 15) is 9.90 Å². The van der Waals surface area contributed by atoms with Crippen molar-refractivity contribution >= 4 is 22.6 Å². The van der Waals surface area contributed by atoms with Crippen LogP contribution in [0, 0.1) is 13.8 Å². The molecule has 31 heavy (non-hydrogen) atoms. The first-order valence-corrected chi connectivity index (χ1v) is 10.5. The average Bonchev–Trinajstić information content (AvgIpc) is 2.74. The number of rotatable bonds is 5. The van der Waals surface area contributed by atoms with Gasteiger partial charge in [-0.05, 0) is 62.6 Å². The highest BCUT2D eigenvalue weighted by molar-refractivity contribution is 6.08. The van der Waals surface area contributed by atoms with Crippen LogP contribution in [0.3, 0.4) is 0 Å². The molecule has 1 aliphatic heterocycles. The Morgan fingerprint density at radius 1 is 1.03 bits per heavy atom. The molecule has 0 radical (unpaired) electrons. The first-order chi connectivity index (χ1) is 14.9. The maximum absolute atomic E-state index is 12.0. The number of fused-ring (bicyclic) bond motifs is 2. The van der Waals surface area contributed by atoms with E-state index in [2.05, 4.69) is 23.3 Å². The number of nitrogens with one attached hydrogen (secondary N) is 1. The zero-order chi connectivity index (χ0) is 22.1. The summed E-state index contributed by atoms with van der Waals surface area (Å²) in [6.45, 7) is 9.59. The molecule has 1 heterocycles. The first kappa shape index (κ1) is 20.7. The number of carboxylic acids is 1. The summed E-state index contributed by atoms with van der Waals surface area (Å²) in [6.07, 6.45) is 0. The van der Waals surface area contributed by atoms with E-state index in [4.69, 9.17) is 4.42 Å². The van der Waals surface area contributed by atoms with E-state index in [-0.39, 0.29) is 5.56 Å². The number of hydrogen-bond donors (Lipinski definition) is 2. The molecule has 0 spiro atoms. The van der Waals surface area contributed by atoms with Crippen LogP contribution in [-0.4, -0.2) is 24.2 Å². The predicted octanol–water partition coefficient (Wildman–Crippen LogP) is 5.87. The first-order valence-electron chi connectivity index (χ1n) is 10.5. The Kier molecular flexibility index (Phi) is 5.51. The smallest absolute Gasteiger partial charge is 0.336 e. The highest BCUT2D eigenvalue weighted by atomic mass is 16.4. The highest BCUT2D eigenvalue weighted by Gasteiger charge is 2.22.